The first-order valence-corrected chi connectivity index (χ1v) is 14.5. The largest absolute Gasteiger partial charge is 0.494 e. The summed E-state index contributed by atoms with van der Waals surface area (Å²) in [5, 5.41) is 13.5. The lowest BCUT2D eigenvalue weighted by atomic mass is 10.1. The molecular formula is C36H34N2O6. The minimum absolute atomic E-state index is 0.179. The Kier molecular flexibility index (Phi) is 10.5. The van der Waals surface area contributed by atoms with Crippen LogP contribution < -0.4 is 14.8 Å². The Balaban J connectivity index is 1.08. The fraction of sp³-hybridized carbons (Fsp3) is 0.194. The maximum atomic E-state index is 12.8. The van der Waals surface area contributed by atoms with Gasteiger partial charge in [0.1, 0.15) is 30.8 Å². The van der Waals surface area contributed by atoms with E-state index in [0.29, 0.717) is 54.8 Å². The fourth-order valence-electron chi connectivity index (χ4n) is 4.68. The number of aliphatic carboxylic acids is 1. The molecule has 0 amide bonds. The first kappa shape index (κ1) is 30.3. The van der Waals surface area contributed by atoms with E-state index < -0.39 is 18.0 Å². The third kappa shape index (κ3) is 8.65. The van der Waals surface area contributed by atoms with Gasteiger partial charge < -0.3 is 24.6 Å². The number of ether oxygens (including phenoxy) is 3. The molecule has 0 aliphatic carbocycles. The molecule has 0 saturated carbocycles. The number of rotatable bonds is 15. The molecule has 44 heavy (non-hydrogen) atoms. The molecule has 5 rings (SSSR count). The molecule has 1 atom stereocenters. The summed E-state index contributed by atoms with van der Waals surface area (Å²) in [4.78, 5) is 29.1. The van der Waals surface area contributed by atoms with Crippen LogP contribution in [0.25, 0.3) is 10.9 Å². The molecule has 5 aromatic rings. The van der Waals surface area contributed by atoms with Crippen LogP contribution in [0.3, 0.4) is 0 Å². The average molecular weight is 591 g/mol. The predicted molar refractivity (Wildman–Crippen MR) is 168 cm³/mol. The second-order valence-electron chi connectivity index (χ2n) is 10.3. The Labute approximate surface area is 256 Å². The highest BCUT2D eigenvalue weighted by Crippen LogP contribution is 2.24. The van der Waals surface area contributed by atoms with Gasteiger partial charge in [-0.15, -0.1) is 0 Å². The molecule has 0 saturated heterocycles. The lowest BCUT2D eigenvalue weighted by Crippen LogP contribution is -2.39. The number of carboxylic acids is 1. The van der Waals surface area contributed by atoms with E-state index in [0.717, 1.165) is 22.4 Å². The molecule has 0 aliphatic rings. The Hall–Kier alpha value is -5.21. The number of esters is 1. The summed E-state index contributed by atoms with van der Waals surface area (Å²) in [6.45, 7) is 1.48. The number of hydrogen-bond donors (Lipinski definition) is 2. The number of pyridine rings is 1. The van der Waals surface area contributed by atoms with Crippen LogP contribution in [0.4, 0.5) is 0 Å². The van der Waals surface area contributed by atoms with E-state index in [9.17, 15) is 14.7 Å². The molecule has 1 aromatic heterocycles. The Morgan fingerprint density at radius 2 is 1.43 bits per heavy atom. The minimum atomic E-state index is -0.913. The summed E-state index contributed by atoms with van der Waals surface area (Å²) < 4.78 is 17.3. The van der Waals surface area contributed by atoms with Gasteiger partial charge in [-0.25, -0.2) is 4.79 Å². The molecule has 0 radical (unpaired) electrons. The minimum Gasteiger partial charge on any atom is -0.494 e. The van der Waals surface area contributed by atoms with Crippen molar-refractivity contribution in [2.45, 2.75) is 32.1 Å². The first-order chi connectivity index (χ1) is 21.5. The number of hydrogen-bond acceptors (Lipinski definition) is 7. The number of benzene rings is 4. The molecule has 2 N–H and O–H groups in total. The van der Waals surface area contributed by atoms with Crippen LogP contribution >= 0.6 is 0 Å². The molecule has 4 aromatic carbocycles. The summed E-state index contributed by atoms with van der Waals surface area (Å²) in [6, 6.07) is 33.2. The van der Waals surface area contributed by atoms with Crippen molar-refractivity contribution in [2.24, 2.45) is 0 Å². The van der Waals surface area contributed by atoms with Crippen LogP contribution in [-0.4, -0.2) is 41.2 Å². The van der Waals surface area contributed by atoms with Gasteiger partial charge in [-0.2, -0.15) is 0 Å². The van der Waals surface area contributed by atoms with Gasteiger partial charge in [0.15, 0.2) is 0 Å². The van der Waals surface area contributed by atoms with Gasteiger partial charge in [0.2, 0.25) is 0 Å². The highest BCUT2D eigenvalue weighted by Gasteiger charge is 2.17. The van der Waals surface area contributed by atoms with Crippen molar-refractivity contribution in [3.05, 3.63) is 138 Å². The predicted octanol–water partition coefficient (Wildman–Crippen LogP) is 6.23. The summed E-state index contributed by atoms with van der Waals surface area (Å²) in [5.74, 6) is -0.0251. The summed E-state index contributed by atoms with van der Waals surface area (Å²) >= 11 is 0. The Morgan fingerprint density at radius 1 is 0.750 bits per heavy atom. The van der Waals surface area contributed by atoms with Gasteiger partial charge in [-0.1, -0.05) is 72.8 Å². The summed E-state index contributed by atoms with van der Waals surface area (Å²) in [7, 11) is 0. The number of nitrogens with one attached hydrogen (secondary N) is 1. The molecule has 8 heteroatoms. The van der Waals surface area contributed by atoms with E-state index in [1.807, 2.05) is 84.9 Å². The molecule has 0 bridgehead atoms. The number of fused-ring (bicyclic) bond motifs is 1. The Bertz CT molecular complexity index is 1660. The van der Waals surface area contributed by atoms with Crippen LogP contribution in [0.1, 0.15) is 33.5 Å². The van der Waals surface area contributed by atoms with Crippen molar-refractivity contribution in [1.82, 2.24) is 10.3 Å². The standard InChI is InChI=1S/C36H34N2O6/c39-35(40)34(22-26-12-14-29(15-13-26)43-24-27-8-3-1-4-9-27)37-19-7-21-42-30-16-17-33-32(23-30)31(18-20-38-33)36(41)44-25-28-10-5-2-6-11-28/h1-6,8-18,20,23,34,37H,7,19,21-22,24-25H2,(H,39,40)/t34-/m0/s1. The molecule has 224 valence electrons. The van der Waals surface area contributed by atoms with Crippen molar-refractivity contribution >= 4 is 22.8 Å². The van der Waals surface area contributed by atoms with Gasteiger partial charge in [0.25, 0.3) is 0 Å². The number of aromatic nitrogens is 1. The lowest BCUT2D eigenvalue weighted by molar-refractivity contribution is -0.139. The van der Waals surface area contributed by atoms with Crippen LogP contribution in [0, 0.1) is 0 Å². The molecular weight excluding hydrogens is 556 g/mol. The number of carbonyl (C=O) groups is 2. The van der Waals surface area contributed by atoms with Crippen LogP contribution in [0.2, 0.25) is 0 Å². The average Bonchev–Trinajstić information content (AvgIpc) is 3.06. The molecule has 0 fully saturated rings. The lowest BCUT2D eigenvalue weighted by Gasteiger charge is -2.15. The second-order valence-corrected chi connectivity index (χ2v) is 10.3. The van der Waals surface area contributed by atoms with Gasteiger partial charge in [0, 0.05) is 11.6 Å². The number of carboxylic acid groups (broad SMARTS) is 1. The molecule has 0 spiro atoms. The van der Waals surface area contributed by atoms with Gasteiger partial charge in [-0.05, 0) is 72.5 Å². The molecule has 0 aliphatic heterocycles. The second kappa shape index (κ2) is 15.3. The van der Waals surface area contributed by atoms with Gasteiger partial charge in [0.05, 0.1) is 17.7 Å². The molecule has 1 heterocycles. The van der Waals surface area contributed by atoms with E-state index in [-0.39, 0.29) is 6.61 Å². The number of carbonyl (C=O) groups excluding carboxylic acids is 1. The Morgan fingerprint density at radius 3 is 2.14 bits per heavy atom. The van der Waals surface area contributed by atoms with E-state index >= 15 is 0 Å². The van der Waals surface area contributed by atoms with Gasteiger partial charge in [-0.3, -0.25) is 9.78 Å². The quantitative estimate of drug-likeness (QED) is 0.109. The van der Waals surface area contributed by atoms with Crippen molar-refractivity contribution in [3.63, 3.8) is 0 Å². The monoisotopic (exact) mass is 590 g/mol. The first-order valence-electron chi connectivity index (χ1n) is 14.5. The van der Waals surface area contributed by atoms with E-state index in [2.05, 4.69) is 10.3 Å². The molecule has 0 unspecified atom stereocenters. The smallest absolute Gasteiger partial charge is 0.339 e. The summed E-state index contributed by atoms with van der Waals surface area (Å²) in [6.07, 6.45) is 2.52. The van der Waals surface area contributed by atoms with Crippen molar-refractivity contribution in [3.8, 4) is 11.5 Å². The third-order valence-electron chi connectivity index (χ3n) is 7.04. The normalized spacial score (nSPS) is 11.5. The summed E-state index contributed by atoms with van der Waals surface area (Å²) in [5.41, 5.74) is 3.96. The van der Waals surface area contributed by atoms with E-state index in [1.165, 1.54) is 0 Å². The highest BCUT2D eigenvalue weighted by atomic mass is 16.5. The molecule has 8 nitrogen and oxygen atoms in total. The maximum Gasteiger partial charge on any atom is 0.339 e. The maximum absolute atomic E-state index is 12.8. The SMILES string of the molecule is O=C(OCc1ccccc1)c1ccnc2ccc(OCCCN[C@@H](Cc3ccc(OCc4ccccc4)cc3)C(=O)O)cc12. The number of nitrogens with zero attached hydrogens (tertiary/aromatic N) is 1. The van der Waals surface area contributed by atoms with Crippen LogP contribution in [-0.2, 0) is 29.2 Å². The third-order valence-corrected chi connectivity index (χ3v) is 7.04. The van der Waals surface area contributed by atoms with E-state index in [4.69, 9.17) is 14.2 Å². The fourth-order valence-corrected chi connectivity index (χ4v) is 4.68. The van der Waals surface area contributed by atoms with Crippen molar-refractivity contribution < 1.29 is 28.9 Å². The van der Waals surface area contributed by atoms with Crippen LogP contribution in [0.15, 0.2) is 115 Å². The zero-order valence-electron chi connectivity index (χ0n) is 24.2. The zero-order chi connectivity index (χ0) is 30.6. The zero-order valence-corrected chi connectivity index (χ0v) is 24.2. The van der Waals surface area contributed by atoms with Gasteiger partial charge >= 0.3 is 11.9 Å². The highest BCUT2D eigenvalue weighted by molar-refractivity contribution is 6.03. The van der Waals surface area contributed by atoms with Crippen molar-refractivity contribution in [2.75, 3.05) is 13.2 Å². The van der Waals surface area contributed by atoms with Crippen LogP contribution in [0.5, 0.6) is 11.5 Å². The van der Waals surface area contributed by atoms with E-state index in [1.54, 1.807) is 30.5 Å². The topological polar surface area (TPSA) is 107 Å². The van der Waals surface area contributed by atoms with Crippen molar-refractivity contribution in [1.29, 1.82) is 0 Å².